The minimum absolute atomic E-state index is 0.0235. The molecule has 7 heteroatoms. The number of halogens is 1. The molecule has 0 aliphatic carbocycles. The van der Waals surface area contributed by atoms with Gasteiger partial charge in [-0.1, -0.05) is 11.6 Å². The molecule has 1 aromatic heterocycles. The number of carboxylic acids is 1. The van der Waals surface area contributed by atoms with Crippen LogP contribution in [0.1, 0.15) is 10.4 Å². The van der Waals surface area contributed by atoms with Gasteiger partial charge in [-0.25, -0.2) is 9.78 Å². The van der Waals surface area contributed by atoms with Crippen LogP contribution in [-0.2, 0) is 4.74 Å². The van der Waals surface area contributed by atoms with Crippen molar-refractivity contribution in [3.8, 4) is 0 Å². The number of carboxylic acid groups (broad SMARTS) is 1. The maximum atomic E-state index is 10.8. The summed E-state index contributed by atoms with van der Waals surface area (Å²) in [7, 11) is 0. The van der Waals surface area contributed by atoms with E-state index in [4.69, 9.17) is 21.4 Å². The highest BCUT2D eigenvalue weighted by Crippen LogP contribution is 2.20. The van der Waals surface area contributed by atoms with Crippen LogP contribution in [0.4, 0.5) is 11.5 Å². The van der Waals surface area contributed by atoms with Gasteiger partial charge in [-0.3, -0.25) is 0 Å². The number of anilines is 2. The molecule has 0 saturated carbocycles. The van der Waals surface area contributed by atoms with Gasteiger partial charge in [0, 0.05) is 36.5 Å². The van der Waals surface area contributed by atoms with E-state index in [0.717, 1.165) is 23.8 Å². The summed E-state index contributed by atoms with van der Waals surface area (Å²) >= 11 is 5.93. The number of morpholine rings is 1. The number of carbonyl (C=O) groups is 1. The standard InChI is InChI=1S/C17H18ClN3O3/c18-13-2-4-14(5-3-13)21-7-8-24-15(11-21)10-20-16-6-1-12(9-19-16)17(22)23/h1-6,9,15H,7-8,10-11H2,(H,19,20)(H,22,23). The van der Waals surface area contributed by atoms with Crippen molar-refractivity contribution in [1.82, 2.24) is 4.98 Å². The Balaban J connectivity index is 1.55. The Kier molecular flexibility index (Phi) is 5.17. The fourth-order valence-corrected chi connectivity index (χ4v) is 2.70. The highest BCUT2D eigenvalue weighted by atomic mass is 35.5. The lowest BCUT2D eigenvalue weighted by molar-refractivity contribution is 0.0492. The summed E-state index contributed by atoms with van der Waals surface area (Å²) in [5, 5.41) is 12.8. The second-order valence-electron chi connectivity index (χ2n) is 5.53. The zero-order chi connectivity index (χ0) is 16.9. The van der Waals surface area contributed by atoms with Crippen molar-refractivity contribution >= 4 is 29.1 Å². The van der Waals surface area contributed by atoms with Crippen molar-refractivity contribution in [3.63, 3.8) is 0 Å². The lowest BCUT2D eigenvalue weighted by Crippen LogP contribution is -2.45. The molecule has 0 spiro atoms. The lowest BCUT2D eigenvalue weighted by Gasteiger charge is -2.34. The highest BCUT2D eigenvalue weighted by molar-refractivity contribution is 6.30. The van der Waals surface area contributed by atoms with E-state index in [9.17, 15) is 4.79 Å². The summed E-state index contributed by atoms with van der Waals surface area (Å²) < 4.78 is 5.78. The van der Waals surface area contributed by atoms with Gasteiger partial charge in [0.1, 0.15) is 5.82 Å². The van der Waals surface area contributed by atoms with E-state index in [0.29, 0.717) is 19.0 Å². The largest absolute Gasteiger partial charge is 0.478 e. The summed E-state index contributed by atoms with van der Waals surface area (Å²) in [6.07, 6.45) is 1.36. The van der Waals surface area contributed by atoms with Crippen molar-refractivity contribution in [2.75, 3.05) is 36.5 Å². The third kappa shape index (κ3) is 4.15. The second-order valence-corrected chi connectivity index (χ2v) is 5.97. The minimum atomic E-state index is -0.983. The zero-order valence-electron chi connectivity index (χ0n) is 13.0. The Hall–Kier alpha value is -2.31. The number of pyridine rings is 1. The fourth-order valence-electron chi connectivity index (χ4n) is 2.57. The second kappa shape index (κ2) is 7.51. The maximum Gasteiger partial charge on any atom is 0.337 e. The van der Waals surface area contributed by atoms with Gasteiger partial charge in [-0.2, -0.15) is 0 Å². The van der Waals surface area contributed by atoms with Crippen LogP contribution in [0.2, 0.25) is 5.02 Å². The van der Waals surface area contributed by atoms with Crippen LogP contribution in [0.25, 0.3) is 0 Å². The molecule has 126 valence electrons. The van der Waals surface area contributed by atoms with Crippen LogP contribution in [0.3, 0.4) is 0 Å². The van der Waals surface area contributed by atoms with Crippen LogP contribution < -0.4 is 10.2 Å². The molecule has 2 heterocycles. The molecule has 24 heavy (non-hydrogen) atoms. The normalized spacial score (nSPS) is 17.5. The predicted molar refractivity (Wildman–Crippen MR) is 93.1 cm³/mol. The molecule has 1 saturated heterocycles. The van der Waals surface area contributed by atoms with E-state index in [2.05, 4.69) is 15.2 Å². The number of hydrogen-bond acceptors (Lipinski definition) is 5. The van der Waals surface area contributed by atoms with Crippen molar-refractivity contribution in [2.24, 2.45) is 0 Å². The van der Waals surface area contributed by atoms with Gasteiger partial charge in [0.2, 0.25) is 0 Å². The first-order chi connectivity index (χ1) is 11.6. The monoisotopic (exact) mass is 347 g/mol. The average Bonchev–Trinajstić information content (AvgIpc) is 2.61. The van der Waals surface area contributed by atoms with Gasteiger partial charge in [0.15, 0.2) is 0 Å². The van der Waals surface area contributed by atoms with Gasteiger partial charge < -0.3 is 20.1 Å². The van der Waals surface area contributed by atoms with Crippen LogP contribution in [0, 0.1) is 0 Å². The molecule has 6 nitrogen and oxygen atoms in total. The number of hydrogen-bond donors (Lipinski definition) is 2. The number of benzene rings is 1. The van der Waals surface area contributed by atoms with Crippen molar-refractivity contribution < 1.29 is 14.6 Å². The average molecular weight is 348 g/mol. The first-order valence-corrected chi connectivity index (χ1v) is 8.05. The summed E-state index contributed by atoms with van der Waals surface area (Å²) in [4.78, 5) is 17.2. The SMILES string of the molecule is O=C(O)c1ccc(NCC2CN(c3ccc(Cl)cc3)CCO2)nc1. The van der Waals surface area contributed by atoms with E-state index >= 15 is 0 Å². The molecule has 2 N–H and O–H groups in total. The predicted octanol–water partition coefficient (Wildman–Crippen LogP) is 2.75. The van der Waals surface area contributed by atoms with E-state index in [1.807, 2.05) is 24.3 Å². The Labute approximate surface area is 145 Å². The van der Waals surface area contributed by atoms with Crippen LogP contribution >= 0.6 is 11.6 Å². The number of aromatic carboxylic acids is 1. The lowest BCUT2D eigenvalue weighted by atomic mass is 10.2. The first-order valence-electron chi connectivity index (χ1n) is 7.67. The molecule has 1 atom stereocenters. The van der Waals surface area contributed by atoms with Gasteiger partial charge in [0.05, 0.1) is 18.3 Å². The Bertz CT molecular complexity index is 691. The number of nitrogens with one attached hydrogen (secondary N) is 1. The third-order valence-electron chi connectivity index (χ3n) is 3.85. The van der Waals surface area contributed by atoms with E-state index in [-0.39, 0.29) is 11.7 Å². The number of aromatic nitrogens is 1. The summed E-state index contributed by atoms with van der Waals surface area (Å²) in [5.41, 5.74) is 1.29. The quantitative estimate of drug-likeness (QED) is 0.866. The molecular weight excluding hydrogens is 330 g/mol. The Morgan fingerprint density at radius 1 is 1.33 bits per heavy atom. The summed E-state index contributed by atoms with van der Waals surface area (Å²) in [6, 6.07) is 11.0. The molecule has 1 aliphatic heterocycles. The van der Waals surface area contributed by atoms with Crippen molar-refractivity contribution in [1.29, 1.82) is 0 Å². The molecule has 1 fully saturated rings. The Morgan fingerprint density at radius 2 is 2.12 bits per heavy atom. The Morgan fingerprint density at radius 3 is 2.79 bits per heavy atom. The van der Waals surface area contributed by atoms with E-state index in [1.54, 1.807) is 6.07 Å². The number of nitrogens with zero attached hydrogens (tertiary/aromatic N) is 2. The molecular formula is C17H18ClN3O3. The van der Waals surface area contributed by atoms with Crippen LogP contribution in [0.5, 0.6) is 0 Å². The van der Waals surface area contributed by atoms with Gasteiger partial charge in [-0.05, 0) is 36.4 Å². The minimum Gasteiger partial charge on any atom is -0.478 e. The molecule has 1 unspecified atom stereocenters. The topological polar surface area (TPSA) is 74.7 Å². The molecule has 1 aromatic carbocycles. The van der Waals surface area contributed by atoms with Crippen molar-refractivity contribution in [2.45, 2.75) is 6.10 Å². The van der Waals surface area contributed by atoms with Gasteiger partial charge in [0.25, 0.3) is 0 Å². The molecule has 0 bridgehead atoms. The van der Waals surface area contributed by atoms with Crippen LogP contribution in [0.15, 0.2) is 42.6 Å². The van der Waals surface area contributed by atoms with Crippen molar-refractivity contribution in [3.05, 3.63) is 53.2 Å². The number of ether oxygens (including phenoxy) is 1. The molecule has 1 aliphatic rings. The van der Waals surface area contributed by atoms with E-state index in [1.165, 1.54) is 12.3 Å². The molecule has 3 rings (SSSR count). The zero-order valence-corrected chi connectivity index (χ0v) is 13.7. The summed E-state index contributed by atoms with van der Waals surface area (Å²) in [5.74, 6) is -0.351. The first kappa shape index (κ1) is 16.5. The highest BCUT2D eigenvalue weighted by Gasteiger charge is 2.20. The third-order valence-corrected chi connectivity index (χ3v) is 4.10. The number of rotatable bonds is 5. The summed E-state index contributed by atoms with van der Waals surface area (Å²) in [6.45, 7) is 2.86. The van der Waals surface area contributed by atoms with Gasteiger partial charge in [-0.15, -0.1) is 0 Å². The fraction of sp³-hybridized carbons (Fsp3) is 0.294. The molecule has 0 amide bonds. The van der Waals surface area contributed by atoms with Crippen LogP contribution in [-0.4, -0.2) is 48.4 Å². The van der Waals surface area contributed by atoms with E-state index < -0.39 is 5.97 Å². The van der Waals surface area contributed by atoms with Gasteiger partial charge >= 0.3 is 5.97 Å². The molecule has 2 aromatic rings. The molecule has 0 radical (unpaired) electrons. The maximum absolute atomic E-state index is 10.8. The smallest absolute Gasteiger partial charge is 0.337 e.